The zero-order chi connectivity index (χ0) is 21.3. The Kier molecular flexibility index (Phi) is 5.42. The maximum absolute atomic E-state index is 12.7. The van der Waals surface area contributed by atoms with Crippen LogP contribution in [0.5, 0.6) is 0 Å². The van der Waals surface area contributed by atoms with Crippen LogP contribution < -0.4 is 5.32 Å². The van der Waals surface area contributed by atoms with E-state index in [2.05, 4.69) is 20.0 Å². The fourth-order valence-corrected chi connectivity index (χ4v) is 5.12. The first-order valence-electron chi connectivity index (χ1n) is 8.68. The number of thiophene rings is 1. The van der Waals surface area contributed by atoms with Gasteiger partial charge in [0.2, 0.25) is 10.0 Å². The molecule has 2 aromatic heterocycles. The number of nitrogens with zero attached hydrogens (tertiary/aromatic N) is 3. The number of benzene rings is 2. The first-order chi connectivity index (χ1) is 14.3. The van der Waals surface area contributed by atoms with Gasteiger partial charge in [0.15, 0.2) is 0 Å². The first-order valence-corrected chi connectivity index (χ1v) is 11.3. The average molecular weight is 458 g/mol. The predicted molar refractivity (Wildman–Crippen MR) is 118 cm³/mol. The number of aromatic nitrogens is 2. The third kappa shape index (κ3) is 4.13. The van der Waals surface area contributed by atoms with Crippen molar-refractivity contribution in [3.05, 3.63) is 81.1 Å². The van der Waals surface area contributed by atoms with Crippen LogP contribution in [0.25, 0.3) is 14.8 Å². The monoisotopic (exact) mass is 457 g/mol. The molecule has 7 nitrogen and oxygen atoms in total. The van der Waals surface area contributed by atoms with Crippen LogP contribution in [0.4, 0.5) is 11.6 Å². The van der Waals surface area contributed by atoms with E-state index in [0.717, 1.165) is 15.6 Å². The molecule has 10 heteroatoms. The molecule has 0 atom stereocenters. The summed E-state index contributed by atoms with van der Waals surface area (Å²) in [5.74, 6) is -0.513. The molecule has 0 unspecified atom stereocenters. The third-order valence-corrected chi connectivity index (χ3v) is 7.08. The predicted octanol–water partition coefficient (Wildman–Crippen LogP) is 5.30. The number of carbonyl (C=O) groups excluding carboxylic acids is 1. The molecular formula is C20H14ClN4O3S2-. The number of aryl methyl sites for hydroxylation is 1. The number of nitrogens with one attached hydrogen (secondary N) is 1. The van der Waals surface area contributed by atoms with Crippen molar-refractivity contribution < 1.29 is 13.2 Å². The lowest BCUT2D eigenvalue weighted by Gasteiger charge is -2.12. The Labute approximate surface area is 181 Å². The lowest BCUT2D eigenvalue weighted by Crippen LogP contribution is -2.10. The Balaban J connectivity index is 1.52. The summed E-state index contributed by atoms with van der Waals surface area (Å²) in [5.41, 5.74) is 1.51. The van der Waals surface area contributed by atoms with Crippen LogP contribution in [0.15, 0.2) is 65.8 Å². The molecule has 152 valence electrons. The maximum Gasteiger partial charge on any atom is 0.267 e. The van der Waals surface area contributed by atoms with E-state index in [9.17, 15) is 13.2 Å². The summed E-state index contributed by atoms with van der Waals surface area (Å²) in [4.78, 5) is 20.6. The molecule has 30 heavy (non-hydrogen) atoms. The Hall–Kier alpha value is -3.01. The van der Waals surface area contributed by atoms with E-state index in [1.165, 1.54) is 48.0 Å². The fraction of sp³-hybridized carbons (Fsp3) is 0.0500. The van der Waals surface area contributed by atoms with Crippen molar-refractivity contribution in [2.75, 3.05) is 5.32 Å². The van der Waals surface area contributed by atoms with Crippen molar-refractivity contribution in [1.82, 2.24) is 9.97 Å². The molecule has 0 aliphatic rings. The van der Waals surface area contributed by atoms with Gasteiger partial charge in [-0.3, -0.25) is 9.52 Å². The zero-order valence-electron chi connectivity index (χ0n) is 15.5. The van der Waals surface area contributed by atoms with Crippen LogP contribution in [0.1, 0.15) is 15.2 Å². The van der Waals surface area contributed by atoms with Crippen molar-refractivity contribution in [3.63, 3.8) is 0 Å². The summed E-state index contributed by atoms with van der Waals surface area (Å²) in [5, 5.41) is 3.96. The van der Waals surface area contributed by atoms with Gasteiger partial charge in [0.25, 0.3) is 5.91 Å². The Morgan fingerprint density at radius 2 is 1.80 bits per heavy atom. The summed E-state index contributed by atoms with van der Waals surface area (Å²) in [6, 6.07) is 13.0. The molecule has 2 aromatic carbocycles. The van der Waals surface area contributed by atoms with E-state index in [0.29, 0.717) is 15.6 Å². The van der Waals surface area contributed by atoms with E-state index < -0.39 is 10.0 Å². The van der Waals surface area contributed by atoms with Crippen molar-refractivity contribution >= 4 is 60.6 Å². The minimum Gasteiger partial charge on any atom is -0.366 e. The molecule has 0 bridgehead atoms. The Morgan fingerprint density at radius 3 is 2.50 bits per heavy atom. The second-order valence-corrected chi connectivity index (χ2v) is 9.37. The largest absolute Gasteiger partial charge is 0.366 e. The van der Waals surface area contributed by atoms with Crippen LogP contribution in [0, 0.1) is 6.92 Å². The van der Waals surface area contributed by atoms with Gasteiger partial charge < -0.3 is 15.3 Å². The second kappa shape index (κ2) is 8.02. The van der Waals surface area contributed by atoms with Crippen LogP contribution in [-0.2, 0) is 10.0 Å². The highest BCUT2D eigenvalue weighted by molar-refractivity contribution is 7.94. The molecule has 0 spiro atoms. The van der Waals surface area contributed by atoms with Gasteiger partial charge in [-0.2, -0.15) is 0 Å². The van der Waals surface area contributed by atoms with Gasteiger partial charge in [0.05, 0.1) is 9.92 Å². The molecule has 4 aromatic rings. The minimum absolute atomic E-state index is 0.0386. The van der Waals surface area contributed by atoms with Gasteiger partial charge in [0.1, 0.15) is 4.88 Å². The van der Waals surface area contributed by atoms with Crippen LogP contribution >= 0.6 is 22.9 Å². The zero-order valence-corrected chi connectivity index (χ0v) is 17.9. The molecular weight excluding hydrogens is 444 g/mol. The number of rotatable bonds is 5. The highest BCUT2D eigenvalue weighted by Gasteiger charge is 2.18. The molecule has 1 N–H and O–H groups in total. The summed E-state index contributed by atoms with van der Waals surface area (Å²) in [6.45, 7) is 1.97. The minimum atomic E-state index is -3.97. The molecule has 0 saturated heterocycles. The summed E-state index contributed by atoms with van der Waals surface area (Å²) in [7, 11) is -3.97. The number of fused-ring (bicyclic) bond motifs is 1. The molecule has 1 amide bonds. The smallest absolute Gasteiger partial charge is 0.267 e. The van der Waals surface area contributed by atoms with E-state index in [1.807, 2.05) is 25.1 Å². The highest BCUT2D eigenvalue weighted by Crippen LogP contribution is 2.36. The molecule has 0 radical (unpaired) electrons. The molecule has 0 aliphatic carbocycles. The van der Waals surface area contributed by atoms with E-state index in [4.69, 9.17) is 11.6 Å². The van der Waals surface area contributed by atoms with E-state index in [1.54, 1.807) is 6.07 Å². The molecule has 0 aliphatic heterocycles. The average Bonchev–Trinajstić information content (AvgIpc) is 3.04. The number of halogens is 1. The highest BCUT2D eigenvalue weighted by atomic mass is 35.5. The van der Waals surface area contributed by atoms with Crippen molar-refractivity contribution in [2.45, 2.75) is 11.8 Å². The summed E-state index contributed by atoms with van der Waals surface area (Å²) in [6.07, 6.45) is 2.81. The van der Waals surface area contributed by atoms with Gasteiger partial charge in [-0.05, 0) is 55.2 Å². The number of hydrogen-bond acceptors (Lipinski definition) is 6. The third-order valence-electron chi connectivity index (χ3n) is 4.16. The normalized spacial score (nSPS) is 11.4. The Morgan fingerprint density at radius 1 is 1.10 bits per heavy atom. The van der Waals surface area contributed by atoms with Crippen molar-refractivity contribution in [1.29, 1.82) is 0 Å². The summed E-state index contributed by atoms with van der Waals surface area (Å²) >= 11 is 7.68. The first kappa shape index (κ1) is 20.3. The fourth-order valence-electron chi connectivity index (χ4n) is 2.72. The SMILES string of the molecule is Cc1ccc2c(Cl)c(C(=O)Nc3ccc(S(=O)(=O)[N-]c4ncccn4)cc3)sc2c1. The van der Waals surface area contributed by atoms with Crippen molar-refractivity contribution in [2.24, 2.45) is 0 Å². The van der Waals surface area contributed by atoms with E-state index in [-0.39, 0.29) is 16.8 Å². The van der Waals surface area contributed by atoms with Gasteiger partial charge >= 0.3 is 0 Å². The van der Waals surface area contributed by atoms with Gasteiger partial charge in [-0.15, -0.1) is 11.3 Å². The number of amides is 1. The molecule has 0 fully saturated rings. The lowest BCUT2D eigenvalue weighted by molar-refractivity contribution is 0.103. The number of hydrogen-bond donors (Lipinski definition) is 1. The number of anilines is 1. The lowest BCUT2D eigenvalue weighted by atomic mass is 10.2. The molecule has 0 saturated carbocycles. The maximum atomic E-state index is 12.7. The Bertz CT molecular complexity index is 1340. The van der Waals surface area contributed by atoms with Gasteiger partial charge in [0, 0.05) is 21.7 Å². The standard InChI is InChI=1S/C20H15ClN4O3S2/c1-12-3-8-15-16(11-12)29-18(17(15)21)19(26)24-13-4-6-14(7-5-13)30(27,28)25-20-22-9-2-10-23-20/h2-11H,1H3,(H2,22,23,24,25,26)/p-1. The number of sulfonamides is 1. The molecule has 4 rings (SSSR count). The molecule has 2 heterocycles. The summed E-state index contributed by atoms with van der Waals surface area (Å²) < 4.78 is 29.3. The number of carbonyl (C=O) groups is 1. The van der Waals surface area contributed by atoms with Crippen LogP contribution in [-0.4, -0.2) is 24.3 Å². The van der Waals surface area contributed by atoms with E-state index >= 15 is 0 Å². The second-order valence-electron chi connectivity index (χ2n) is 6.34. The van der Waals surface area contributed by atoms with Crippen LogP contribution in [0.3, 0.4) is 0 Å². The topological polar surface area (TPSA) is 103 Å². The van der Waals surface area contributed by atoms with Gasteiger partial charge in [-0.1, -0.05) is 29.8 Å². The van der Waals surface area contributed by atoms with Crippen LogP contribution in [0.2, 0.25) is 5.02 Å². The quantitative estimate of drug-likeness (QED) is 0.438. The van der Waals surface area contributed by atoms with Gasteiger partial charge in [-0.25, -0.2) is 8.42 Å². The van der Waals surface area contributed by atoms with Crippen molar-refractivity contribution in [3.8, 4) is 0 Å².